The molecule has 0 spiro atoms. The predicted molar refractivity (Wildman–Crippen MR) is 71.5 cm³/mol. The number of likely N-dealkylation sites (tertiary alicyclic amines) is 1. The number of nitrogens with two attached hydrogens (primary N) is 1. The van der Waals surface area contributed by atoms with Crippen molar-refractivity contribution in [1.29, 1.82) is 0 Å². The lowest BCUT2D eigenvalue weighted by molar-refractivity contribution is 0.288. The van der Waals surface area contributed by atoms with Gasteiger partial charge in [-0.15, -0.1) is 0 Å². The summed E-state index contributed by atoms with van der Waals surface area (Å²) in [6, 6.07) is 0. The van der Waals surface area contributed by atoms with Crippen LogP contribution in [-0.4, -0.2) is 31.1 Å². The molecule has 1 fully saturated rings. The third-order valence-electron chi connectivity index (χ3n) is 4.08. The van der Waals surface area contributed by atoms with Crippen molar-refractivity contribution in [2.24, 2.45) is 17.1 Å². The van der Waals surface area contributed by atoms with E-state index in [1.54, 1.807) is 0 Å². The lowest BCUT2D eigenvalue weighted by atomic mass is 9.87. The Morgan fingerprint density at radius 1 is 1.31 bits per heavy atom. The van der Waals surface area contributed by atoms with E-state index in [9.17, 15) is 0 Å². The highest BCUT2D eigenvalue weighted by atomic mass is 15.1. The van der Waals surface area contributed by atoms with Gasteiger partial charge < -0.3 is 10.6 Å². The zero-order valence-electron chi connectivity index (χ0n) is 11.5. The molecule has 1 rings (SSSR count). The van der Waals surface area contributed by atoms with Gasteiger partial charge in [0.15, 0.2) is 0 Å². The molecule has 96 valence electrons. The first kappa shape index (κ1) is 14.0. The fourth-order valence-electron chi connectivity index (χ4n) is 2.49. The van der Waals surface area contributed by atoms with E-state index in [1.807, 2.05) is 0 Å². The normalized spacial score (nSPS) is 22.9. The Morgan fingerprint density at radius 2 is 2.06 bits per heavy atom. The number of hydrogen-bond acceptors (Lipinski definition) is 2. The first-order valence-electron chi connectivity index (χ1n) is 7.00. The predicted octanol–water partition coefficient (Wildman–Crippen LogP) is 2.87. The molecular formula is C14H30N2. The van der Waals surface area contributed by atoms with Gasteiger partial charge in [-0.1, -0.05) is 33.6 Å². The molecule has 0 saturated carbocycles. The SMILES string of the molecule is CCC1CCN(CCCCC(C)(C)CN)C1. The molecular weight excluding hydrogens is 196 g/mol. The molecule has 2 nitrogen and oxygen atoms in total. The minimum atomic E-state index is 0.344. The summed E-state index contributed by atoms with van der Waals surface area (Å²) >= 11 is 0. The molecule has 0 amide bonds. The van der Waals surface area contributed by atoms with Gasteiger partial charge in [-0.05, 0) is 50.2 Å². The van der Waals surface area contributed by atoms with Crippen molar-refractivity contribution < 1.29 is 0 Å². The van der Waals surface area contributed by atoms with Crippen molar-refractivity contribution in [2.45, 2.75) is 52.9 Å². The van der Waals surface area contributed by atoms with Crippen molar-refractivity contribution in [3.63, 3.8) is 0 Å². The molecule has 1 aliphatic heterocycles. The first-order valence-corrected chi connectivity index (χ1v) is 7.00. The second kappa shape index (κ2) is 6.61. The summed E-state index contributed by atoms with van der Waals surface area (Å²) in [5.74, 6) is 0.973. The highest BCUT2D eigenvalue weighted by Gasteiger charge is 2.20. The minimum Gasteiger partial charge on any atom is -0.330 e. The topological polar surface area (TPSA) is 29.3 Å². The Morgan fingerprint density at radius 3 is 2.62 bits per heavy atom. The van der Waals surface area contributed by atoms with Crippen LogP contribution in [0.4, 0.5) is 0 Å². The van der Waals surface area contributed by atoms with Crippen LogP contribution in [-0.2, 0) is 0 Å². The van der Waals surface area contributed by atoms with E-state index >= 15 is 0 Å². The van der Waals surface area contributed by atoms with Gasteiger partial charge in [0.05, 0.1) is 0 Å². The third-order valence-corrected chi connectivity index (χ3v) is 4.08. The van der Waals surface area contributed by atoms with E-state index in [2.05, 4.69) is 25.7 Å². The first-order chi connectivity index (χ1) is 7.57. The molecule has 1 saturated heterocycles. The molecule has 0 aromatic heterocycles. The van der Waals surface area contributed by atoms with Gasteiger partial charge in [0.1, 0.15) is 0 Å². The van der Waals surface area contributed by atoms with Crippen LogP contribution < -0.4 is 5.73 Å². The molecule has 0 radical (unpaired) electrons. The van der Waals surface area contributed by atoms with E-state index in [-0.39, 0.29) is 0 Å². The molecule has 1 heterocycles. The molecule has 0 aromatic rings. The molecule has 0 bridgehead atoms. The van der Waals surface area contributed by atoms with Crippen LogP contribution in [0.5, 0.6) is 0 Å². The van der Waals surface area contributed by atoms with Crippen molar-refractivity contribution >= 4 is 0 Å². The fraction of sp³-hybridized carbons (Fsp3) is 1.00. The molecule has 0 aromatic carbocycles. The van der Waals surface area contributed by atoms with Gasteiger partial charge in [0.2, 0.25) is 0 Å². The molecule has 2 heteroatoms. The van der Waals surface area contributed by atoms with Crippen LogP contribution in [0.2, 0.25) is 0 Å². The van der Waals surface area contributed by atoms with Crippen LogP contribution in [0.25, 0.3) is 0 Å². The molecule has 1 aliphatic rings. The fourth-order valence-corrected chi connectivity index (χ4v) is 2.49. The Balaban J connectivity index is 2.04. The van der Waals surface area contributed by atoms with E-state index in [1.165, 1.54) is 51.7 Å². The second-order valence-electron chi connectivity index (χ2n) is 6.19. The van der Waals surface area contributed by atoms with Crippen molar-refractivity contribution in [1.82, 2.24) is 4.90 Å². The van der Waals surface area contributed by atoms with Gasteiger partial charge in [-0.25, -0.2) is 0 Å². The van der Waals surface area contributed by atoms with Crippen molar-refractivity contribution in [2.75, 3.05) is 26.2 Å². The number of rotatable bonds is 7. The maximum atomic E-state index is 5.74. The quantitative estimate of drug-likeness (QED) is 0.676. The summed E-state index contributed by atoms with van der Waals surface area (Å²) in [7, 11) is 0. The smallest absolute Gasteiger partial charge is 0.00100 e. The summed E-state index contributed by atoms with van der Waals surface area (Å²) in [6.07, 6.45) is 6.73. The molecule has 1 atom stereocenters. The zero-order chi connectivity index (χ0) is 12.0. The van der Waals surface area contributed by atoms with Crippen LogP contribution in [0, 0.1) is 11.3 Å². The van der Waals surface area contributed by atoms with Crippen molar-refractivity contribution in [3.05, 3.63) is 0 Å². The van der Waals surface area contributed by atoms with Gasteiger partial charge in [0.25, 0.3) is 0 Å². The van der Waals surface area contributed by atoms with Crippen LogP contribution in [0.1, 0.15) is 52.9 Å². The number of unbranched alkanes of at least 4 members (excludes halogenated alkanes) is 1. The summed E-state index contributed by atoms with van der Waals surface area (Å²) in [5.41, 5.74) is 6.08. The molecule has 1 unspecified atom stereocenters. The summed E-state index contributed by atoms with van der Waals surface area (Å²) in [5, 5.41) is 0. The lowest BCUT2D eigenvalue weighted by Crippen LogP contribution is -2.25. The van der Waals surface area contributed by atoms with E-state index in [0.717, 1.165) is 12.5 Å². The molecule has 16 heavy (non-hydrogen) atoms. The average molecular weight is 226 g/mol. The van der Waals surface area contributed by atoms with Gasteiger partial charge >= 0.3 is 0 Å². The third kappa shape index (κ3) is 4.84. The maximum absolute atomic E-state index is 5.74. The van der Waals surface area contributed by atoms with E-state index in [0.29, 0.717) is 5.41 Å². The van der Waals surface area contributed by atoms with Crippen molar-refractivity contribution in [3.8, 4) is 0 Å². The van der Waals surface area contributed by atoms with Crippen LogP contribution >= 0.6 is 0 Å². The maximum Gasteiger partial charge on any atom is 0.00100 e. The second-order valence-corrected chi connectivity index (χ2v) is 6.19. The zero-order valence-corrected chi connectivity index (χ0v) is 11.5. The van der Waals surface area contributed by atoms with Crippen LogP contribution in [0.15, 0.2) is 0 Å². The molecule has 0 aliphatic carbocycles. The Kier molecular flexibility index (Phi) is 5.77. The summed E-state index contributed by atoms with van der Waals surface area (Å²) < 4.78 is 0. The Labute approximate surface area is 102 Å². The largest absolute Gasteiger partial charge is 0.330 e. The lowest BCUT2D eigenvalue weighted by Gasteiger charge is -2.23. The van der Waals surface area contributed by atoms with Gasteiger partial charge in [-0.2, -0.15) is 0 Å². The Bertz CT molecular complexity index is 189. The summed E-state index contributed by atoms with van der Waals surface area (Å²) in [6.45, 7) is 11.7. The number of hydrogen-bond donors (Lipinski definition) is 1. The molecule has 2 N–H and O–H groups in total. The van der Waals surface area contributed by atoms with Gasteiger partial charge in [0, 0.05) is 6.54 Å². The minimum absolute atomic E-state index is 0.344. The summed E-state index contributed by atoms with van der Waals surface area (Å²) in [4.78, 5) is 2.64. The monoisotopic (exact) mass is 226 g/mol. The standard InChI is InChI=1S/C14H30N2/c1-4-13-7-10-16(11-13)9-6-5-8-14(2,3)12-15/h13H,4-12,15H2,1-3H3. The van der Waals surface area contributed by atoms with Crippen LogP contribution in [0.3, 0.4) is 0 Å². The highest BCUT2D eigenvalue weighted by Crippen LogP contribution is 2.23. The van der Waals surface area contributed by atoms with Gasteiger partial charge in [-0.3, -0.25) is 0 Å². The average Bonchev–Trinajstić information content (AvgIpc) is 2.72. The van der Waals surface area contributed by atoms with E-state index < -0.39 is 0 Å². The number of nitrogens with zero attached hydrogens (tertiary/aromatic N) is 1. The highest BCUT2D eigenvalue weighted by molar-refractivity contribution is 4.75. The Hall–Kier alpha value is -0.0800. The van der Waals surface area contributed by atoms with E-state index in [4.69, 9.17) is 5.73 Å².